The van der Waals surface area contributed by atoms with Gasteiger partial charge in [-0.2, -0.15) is 0 Å². The zero-order valence-electron chi connectivity index (χ0n) is 64.7. The first-order valence-electron chi connectivity index (χ1n) is 41.6. The summed E-state index contributed by atoms with van der Waals surface area (Å²) in [5, 5.41) is 10.6. The van der Waals surface area contributed by atoms with Crippen molar-refractivity contribution in [2.45, 2.75) is 431 Å². The van der Waals surface area contributed by atoms with Crippen LogP contribution in [0.1, 0.15) is 413 Å². The summed E-state index contributed by atoms with van der Waals surface area (Å²) in [4.78, 5) is 73.0. The Kier molecular flexibility index (Phi) is 73.0. The number of carbonyl (C=O) groups excluding carboxylic acids is 4. The molecular formula is C81H154O17P2. The maximum absolute atomic E-state index is 13.1. The molecule has 0 amide bonds. The van der Waals surface area contributed by atoms with Crippen molar-refractivity contribution in [1.29, 1.82) is 0 Å². The third kappa shape index (κ3) is 73.8. The lowest BCUT2D eigenvalue weighted by Gasteiger charge is -2.21. The molecule has 0 radical (unpaired) electrons. The standard InChI is InChI=1S/C81H154O17P2/c1-5-9-13-17-21-25-29-33-36-37-40-43-46-50-54-58-62-66-79(84)92-72-77(98-81(86)68-64-60-56-52-48-44-39-35-31-27-23-19-15-11-7-3)74-96-100(89,90)94-70-75(82)69-93-99(87,88)95-73-76(97-80(85)67-63-59-55-51-47-41-32-28-24-20-16-12-8-4)71-91-78(83)65-61-57-53-49-45-42-38-34-30-26-22-18-14-10-6-2/h34-35,38-39,75-77,82H,5-33,36-37,40-74H2,1-4H3,(H,87,88)(H,89,90)/b38-34-,39-35-/t75-,76-,77-/m1/s1. The van der Waals surface area contributed by atoms with Crippen LogP contribution in [0.5, 0.6) is 0 Å². The van der Waals surface area contributed by atoms with Crippen molar-refractivity contribution < 1.29 is 80.2 Å². The van der Waals surface area contributed by atoms with E-state index in [4.69, 9.17) is 37.0 Å². The molecule has 0 aromatic heterocycles. The Morgan fingerprint density at radius 2 is 0.460 bits per heavy atom. The van der Waals surface area contributed by atoms with E-state index in [-0.39, 0.29) is 25.7 Å². The van der Waals surface area contributed by atoms with Crippen LogP contribution in [0, 0.1) is 0 Å². The van der Waals surface area contributed by atoms with E-state index in [1.807, 2.05) is 0 Å². The van der Waals surface area contributed by atoms with Crippen LogP contribution in [0.3, 0.4) is 0 Å². The molecule has 0 rings (SSSR count). The first-order valence-corrected chi connectivity index (χ1v) is 44.6. The number of phosphoric acid groups is 2. The molecule has 17 nitrogen and oxygen atoms in total. The second-order valence-corrected chi connectivity index (χ2v) is 31.3. The number of hydrogen-bond acceptors (Lipinski definition) is 15. The summed E-state index contributed by atoms with van der Waals surface area (Å²) in [6.07, 6.45) is 70.0. The van der Waals surface area contributed by atoms with E-state index in [1.165, 1.54) is 212 Å². The van der Waals surface area contributed by atoms with Crippen LogP contribution in [-0.4, -0.2) is 96.7 Å². The average molecular weight is 1460 g/mol. The maximum Gasteiger partial charge on any atom is 0.472 e. The number of hydrogen-bond donors (Lipinski definition) is 3. The van der Waals surface area contributed by atoms with Crippen molar-refractivity contribution in [3.63, 3.8) is 0 Å². The van der Waals surface area contributed by atoms with Crippen LogP contribution in [0.2, 0.25) is 0 Å². The van der Waals surface area contributed by atoms with E-state index in [9.17, 15) is 43.2 Å². The van der Waals surface area contributed by atoms with Gasteiger partial charge in [-0.3, -0.25) is 37.3 Å². The maximum atomic E-state index is 13.1. The Labute approximate surface area is 612 Å². The van der Waals surface area contributed by atoms with Gasteiger partial charge in [0.15, 0.2) is 12.2 Å². The average Bonchev–Trinajstić information content (AvgIpc) is 0.937. The molecule has 0 fully saturated rings. The molecule has 0 saturated carbocycles. The molecule has 100 heavy (non-hydrogen) atoms. The summed E-state index contributed by atoms with van der Waals surface area (Å²) in [5.74, 6) is -2.14. The monoisotopic (exact) mass is 1460 g/mol. The van der Waals surface area contributed by atoms with E-state index in [0.29, 0.717) is 25.7 Å². The summed E-state index contributed by atoms with van der Waals surface area (Å²) in [6.45, 7) is 4.97. The van der Waals surface area contributed by atoms with E-state index >= 15 is 0 Å². The highest BCUT2D eigenvalue weighted by Gasteiger charge is 2.30. The Bertz CT molecular complexity index is 1990. The number of unbranched alkanes of at least 4 members (excludes halogenated alkanes) is 50. The predicted octanol–water partition coefficient (Wildman–Crippen LogP) is 24.1. The van der Waals surface area contributed by atoms with E-state index in [0.717, 1.165) is 122 Å². The Balaban J connectivity index is 5.29. The molecule has 0 bridgehead atoms. The number of rotatable bonds is 80. The molecule has 19 heteroatoms. The van der Waals surface area contributed by atoms with E-state index in [2.05, 4.69) is 52.0 Å². The highest BCUT2D eigenvalue weighted by atomic mass is 31.2. The van der Waals surface area contributed by atoms with Gasteiger partial charge in [0, 0.05) is 25.7 Å². The van der Waals surface area contributed by atoms with E-state index in [1.54, 1.807) is 0 Å². The minimum Gasteiger partial charge on any atom is -0.462 e. The van der Waals surface area contributed by atoms with Crippen LogP contribution >= 0.6 is 15.6 Å². The molecule has 5 atom stereocenters. The van der Waals surface area contributed by atoms with Crippen LogP contribution in [0.15, 0.2) is 24.3 Å². The highest BCUT2D eigenvalue weighted by molar-refractivity contribution is 7.47. The summed E-state index contributed by atoms with van der Waals surface area (Å²) in [5.41, 5.74) is 0. The first-order chi connectivity index (χ1) is 48.7. The van der Waals surface area contributed by atoms with Crippen molar-refractivity contribution in [2.24, 2.45) is 0 Å². The molecule has 0 heterocycles. The van der Waals surface area contributed by atoms with Gasteiger partial charge in [0.1, 0.15) is 19.3 Å². The number of aliphatic hydroxyl groups is 1. The normalized spacial score (nSPS) is 13.9. The molecular weight excluding hydrogens is 1310 g/mol. The molecule has 0 aliphatic rings. The number of ether oxygens (including phenoxy) is 4. The van der Waals surface area contributed by atoms with Gasteiger partial charge in [-0.1, -0.05) is 335 Å². The van der Waals surface area contributed by atoms with Gasteiger partial charge in [0.05, 0.1) is 26.4 Å². The molecule has 0 aliphatic heterocycles. The molecule has 0 spiro atoms. The topological polar surface area (TPSA) is 237 Å². The summed E-state index contributed by atoms with van der Waals surface area (Å²) >= 11 is 0. The highest BCUT2D eigenvalue weighted by Crippen LogP contribution is 2.45. The van der Waals surface area contributed by atoms with Gasteiger partial charge in [-0.15, -0.1) is 0 Å². The van der Waals surface area contributed by atoms with Gasteiger partial charge in [0.25, 0.3) is 0 Å². The quantitative estimate of drug-likeness (QED) is 0.0169. The lowest BCUT2D eigenvalue weighted by atomic mass is 10.0. The van der Waals surface area contributed by atoms with Crippen molar-refractivity contribution in [1.82, 2.24) is 0 Å². The SMILES string of the molecule is CCCCCCCC/C=C\CCCCCCCC(=O)OC[C@H](COP(=O)(O)OC[C@@H](O)COP(=O)(O)OC[C@@H](COC(=O)CCCCCCCCCCCCCCCCCCC)OC(=O)CCCCCCC/C=C\CCCCCCCC)OC(=O)CCCCCCCCCCCCCCC. The second kappa shape index (κ2) is 74.8. The van der Waals surface area contributed by atoms with Crippen LogP contribution in [-0.2, 0) is 65.4 Å². The van der Waals surface area contributed by atoms with Crippen LogP contribution in [0.25, 0.3) is 0 Å². The van der Waals surface area contributed by atoms with Gasteiger partial charge in [-0.05, 0) is 77.0 Å². The number of aliphatic hydroxyl groups excluding tert-OH is 1. The van der Waals surface area contributed by atoms with Crippen LogP contribution < -0.4 is 0 Å². The summed E-state index contributed by atoms with van der Waals surface area (Å²) in [7, 11) is -9.93. The fourth-order valence-electron chi connectivity index (χ4n) is 12.0. The Morgan fingerprint density at radius 3 is 0.690 bits per heavy atom. The Hall–Kier alpha value is -2.46. The molecule has 0 aromatic carbocycles. The molecule has 3 N–H and O–H groups in total. The summed E-state index contributed by atoms with van der Waals surface area (Å²) < 4.78 is 68.7. The van der Waals surface area contributed by atoms with Crippen LogP contribution in [0.4, 0.5) is 0 Å². The Morgan fingerprint density at radius 1 is 0.270 bits per heavy atom. The molecule has 0 aromatic rings. The lowest BCUT2D eigenvalue weighted by Crippen LogP contribution is -2.30. The van der Waals surface area contributed by atoms with Gasteiger partial charge in [0.2, 0.25) is 0 Å². The zero-order chi connectivity index (χ0) is 73.2. The lowest BCUT2D eigenvalue weighted by molar-refractivity contribution is -0.161. The number of allylic oxidation sites excluding steroid dienone is 4. The van der Waals surface area contributed by atoms with Crippen molar-refractivity contribution >= 4 is 39.5 Å². The molecule has 0 saturated heterocycles. The minimum atomic E-state index is -4.97. The van der Waals surface area contributed by atoms with E-state index < -0.39 is 97.5 Å². The molecule has 0 aliphatic carbocycles. The minimum absolute atomic E-state index is 0.0941. The van der Waals surface area contributed by atoms with Gasteiger partial charge < -0.3 is 33.8 Å². The number of esters is 4. The first kappa shape index (κ1) is 97.5. The number of carbonyl (C=O) groups is 4. The second-order valence-electron chi connectivity index (χ2n) is 28.4. The summed E-state index contributed by atoms with van der Waals surface area (Å²) in [6, 6.07) is 0. The molecule has 2 unspecified atom stereocenters. The third-order valence-corrected chi connectivity index (χ3v) is 20.3. The zero-order valence-corrected chi connectivity index (χ0v) is 66.5. The van der Waals surface area contributed by atoms with Crippen molar-refractivity contribution in [2.75, 3.05) is 39.6 Å². The third-order valence-electron chi connectivity index (χ3n) is 18.4. The largest absolute Gasteiger partial charge is 0.472 e. The van der Waals surface area contributed by atoms with Crippen molar-refractivity contribution in [3.8, 4) is 0 Å². The fourth-order valence-corrected chi connectivity index (χ4v) is 13.6. The smallest absolute Gasteiger partial charge is 0.462 e. The fraction of sp³-hybridized carbons (Fsp3) is 0.901. The number of phosphoric ester groups is 2. The van der Waals surface area contributed by atoms with Gasteiger partial charge in [-0.25, -0.2) is 9.13 Å². The van der Waals surface area contributed by atoms with Gasteiger partial charge >= 0.3 is 39.5 Å². The predicted molar refractivity (Wildman–Crippen MR) is 409 cm³/mol. The molecule has 590 valence electrons. The van der Waals surface area contributed by atoms with Crippen molar-refractivity contribution in [3.05, 3.63) is 24.3 Å².